The van der Waals surface area contributed by atoms with Gasteiger partial charge in [0.2, 0.25) is 5.91 Å². The van der Waals surface area contributed by atoms with Crippen LogP contribution in [0.5, 0.6) is 0 Å². The number of ketones is 1. The number of carbonyl (C=O) groups is 3. The maximum Gasteiger partial charge on any atom is 0.302 e. The van der Waals surface area contributed by atoms with Gasteiger partial charge in [-0.15, -0.1) is 0 Å². The van der Waals surface area contributed by atoms with E-state index in [1.165, 1.54) is 13.8 Å². The van der Waals surface area contributed by atoms with Crippen molar-refractivity contribution < 1.29 is 19.1 Å². The predicted octanol–water partition coefficient (Wildman–Crippen LogP) is 1.40. The van der Waals surface area contributed by atoms with Crippen molar-refractivity contribution in [1.82, 2.24) is 4.90 Å². The molecule has 0 rings (SSSR count). The van der Waals surface area contributed by atoms with Crippen LogP contribution in [0.15, 0.2) is 0 Å². The van der Waals surface area contributed by atoms with Crippen LogP contribution in [0.2, 0.25) is 0 Å². The standard InChI is InChI=1S/C13H23NO4/c1-10(2)13(17)6-8-14(11(3)15)7-5-9-18-12(4)16/h10H,5-9H2,1-4H3. The third-order valence-corrected chi connectivity index (χ3v) is 2.60. The number of nitrogens with zero attached hydrogens (tertiary/aromatic N) is 1. The number of esters is 1. The number of hydrogen-bond donors (Lipinski definition) is 0. The van der Waals surface area contributed by atoms with Crippen LogP contribution in [0, 0.1) is 5.92 Å². The van der Waals surface area contributed by atoms with Crippen molar-refractivity contribution in [2.75, 3.05) is 19.7 Å². The Morgan fingerprint density at radius 1 is 1.11 bits per heavy atom. The molecule has 0 heterocycles. The van der Waals surface area contributed by atoms with Gasteiger partial charge in [-0.1, -0.05) is 13.8 Å². The summed E-state index contributed by atoms with van der Waals surface area (Å²) in [4.78, 5) is 35.0. The van der Waals surface area contributed by atoms with Crippen molar-refractivity contribution in [3.63, 3.8) is 0 Å². The summed E-state index contributed by atoms with van der Waals surface area (Å²) < 4.78 is 4.79. The molecule has 0 aromatic rings. The van der Waals surface area contributed by atoms with Crippen molar-refractivity contribution in [1.29, 1.82) is 0 Å². The van der Waals surface area contributed by atoms with Crippen molar-refractivity contribution >= 4 is 17.7 Å². The normalized spacial score (nSPS) is 10.3. The van der Waals surface area contributed by atoms with Gasteiger partial charge in [0.15, 0.2) is 0 Å². The van der Waals surface area contributed by atoms with Gasteiger partial charge in [-0.2, -0.15) is 0 Å². The molecule has 0 saturated heterocycles. The van der Waals surface area contributed by atoms with Crippen molar-refractivity contribution in [3.8, 4) is 0 Å². The van der Waals surface area contributed by atoms with Crippen LogP contribution in [0.25, 0.3) is 0 Å². The number of Topliss-reactive ketones (excluding diaryl/α,β-unsaturated/α-hetero) is 1. The Bertz CT molecular complexity index is 299. The summed E-state index contributed by atoms with van der Waals surface area (Å²) >= 11 is 0. The zero-order valence-electron chi connectivity index (χ0n) is 11.7. The molecule has 1 amide bonds. The SMILES string of the molecule is CC(=O)OCCCN(CCC(=O)C(C)C)C(C)=O. The average Bonchev–Trinajstić information content (AvgIpc) is 2.26. The molecule has 0 aliphatic rings. The quantitative estimate of drug-likeness (QED) is 0.487. The maximum atomic E-state index is 11.5. The fourth-order valence-corrected chi connectivity index (χ4v) is 1.43. The van der Waals surface area contributed by atoms with E-state index in [4.69, 9.17) is 4.74 Å². The monoisotopic (exact) mass is 257 g/mol. The fraction of sp³-hybridized carbons (Fsp3) is 0.769. The summed E-state index contributed by atoms with van der Waals surface area (Å²) in [7, 11) is 0. The van der Waals surface area contributed by atoms with Gasteiger partial charge in [-0.05, 0) is 6.42 Å². The van der Waals surface area contributed by atoms with Crippen LogP contribution in [-0.2, 0) is 19.1 Å². The molecule has 0 bridgehead atoms. The minimum atomic E-state index is -0.320. The van der Waals surface area contributed by atoms with Crippen molar-refractivity contribution in [2.45, 2.75) is 40.5 Å². The first kappa shape index (κ1) is 16.6. The number of carbonyl (C=O) groups excluding carboxylic acids is 3. The third kappa shape index (κ3) is 7.81. The highest BCUT2D eigenvalue weighted by atomic mass is 16.5. The summed E-state index contributed by atoms with van der Waals surface area (Å²) in [6.07, 6.45) is 0.972. The van der Waals surface area contributed by atoms with E-state index in [1.807, 2.05) is 13.8 Å². The summed E-state index contributed by atoms with van der Waals surface area (Å²) in [5.74, 6) is -0.227. The van der Waals surface area contributed by atoms with Gasteiger partial charge in [-0.3, -0.25) is 14.4 Å². The Morgan fingerprint density at radius 3 is 2.17 bits per heavy atom. The van der Waals surface area contributed by atoms with Gasteiger partial charge < -0.3 is 9.64 Å². The molecular weight excluding hydrogens is 234 g/mol. The molecule has 0 unspecified atom stereocenters. The summed E-state index contributed by atoms with van der Waals surface area (Å²) in [5.41, 5.74) is 0. The van der Waals surface area contributed by atoms with Gasteiger partial charge in [0, 0.05) is 39.3 Å². The van der Waals surface area contributed by atoms with Crippen LogP contribution in [0.3, 0.4) is 0 Å². The lowest BCUT2D eigenvalue weighted by Gasteiger charge is -2.21. The second-order valence-corrected chi connectivity index (χ2v) is 4.57. The molecule has 0 aliphatic heterocycles. The van der Waals surface area contributed by atoms with E-state index in [9.17, 15) is 14.4 Å². The first-order chi connectivity index (χ1) is 8.34. The van der Waals surface area contributed by atoms with E-state index in [0.29, 0.717) is 32.5 Å². The van der Waals surface area contributed by atoms with Gasteiger partial charge in [0.05, 0.1) is 6.61 Å². The van der Waals surface area contributed by atoms with Crippen LogP contribution in [0.1, 0.15) is 40.5 Å². The molecule has 0 saturated carbocycles. The Morgan fingerprint density at radius 2 is 1.72 bits per heavy atom. The lowest BCUT2D eigenvalue weighted by molar-refractivity contribution is -0.141. The smallest absolute Gasteiger partial charge is 0.302 e. The molecule has 104 valence electrons. The molecule has 18 heavy (non-hydrogen) atoms. The maximum absolute atomic E-state index is 11.5. The van der Waals surface area contributed by atoms with Crippen molar-refractivity contribution in [2.24, 2.45) is 5.92 Å². The first-order valence-electron chi connectivity index (χ1n) is 6.26. The van der Waals surface area contributed by atoms with Gasteiger partial charge in [-0.25, -0.2) is 0 Å². The molecule has 0 aromatic heterocycles. The summed E-state index contributed by atoms with van der Waals surface area (Å²) in [6, 6.07) is 0. The highest BCUT2D eigenvalue weighted by Crippen LogP contribution is 2.02. The number of amides is 1. The average molecular weight is 257 g/mol. The van der Waals surface area contributed by atoms with Crippen LogP contribution < -0.4 is 0 Å². The molecule has 5 nitrogen and oxygen atoms in total. The fourth-order valence-electron chi connectivity index (χ4n) is 1.43. The second kappa shape index (κ2) is 8.66. The minimum absolute atomic E-state index is 0.000135. The highest BCUT2D eigenvalue weighted by Gasteiger charge is 2.13. The van der Waals surface area contributed by atoms with E-state index >= 15 is 0 Å². The molecule has 0 fully saturated rings. The topological polar surface area (TPSA) is 63.7 Å². The van der Waals surface area contributed by atoms with Gasteiger partial charge in [0.1, 0.15) is 5.78 Å². The number of rotatable bonds is 8. The summed E-state index contributed by atoms with van der Waals surface area (Å²) in [5, 5.41) is 0. The molecule has 5 heteroatoms. The van der Waals surface area contributed by atoms with E-state index in [2.05, 4.69) is 0 Å². The Kier molecular flexibility index (Phi) is 8.00. The van der Waals surface area contributed by atoms with Gasteiger partial charge >= 0.3 is 5.97 Å². The third-order valence-electron chi connectivity index (χ3n) is 2.60. The van der Waals surface area contributed by atoms with E-state index in [-0.39, 0.29) is 23.6 Å². The second-order valence-electron chi connectivity index (χ2n) is 4.57. The lowest BCUT2D eigenvalue weighted by atomic mass is 10.1. The molecule has 0 aliphatic carbocycles. The molecule has 0 spiro atoms. The van der Waals surface area contributed by atoms with Gasteiger partial charge in [0.25, 0.3) is 0 Å². The van der Waals surface area contributed by atoms with E-state index < -0.39 is 0 Å². The zero-order chi connectivity index (χ0) is 14.1. The lowest BCUT2D eigenvalue weighted by Crippen LogP contribution is -2.33. The molecular formula is C13H23NO4. The molecule has 0 N–H and O–H groups in total. The molecule has 0 atom stereocenters. The predicted molar refractivity (Wildman–Crippen MR) is 68.0 cm³/mol. The van der Waals surface area contributed by atoms with Crippen LogP contribution >= 0.6 is 0 Å². The number of ether oxygens (including phenoxy) is 1. The highest BCUT2D eigenvalue weighted by molar-refractivity contribution is 5.81. The zero-order valence-corrected chi connectivity index (χ0v) is 11.7. The van der Waals surface area contributed by atoms with E-state index in [1.54, 1.807) is 4.90 Å². The minimum Gasteiger partial charge on any atom is -0.466 e. The molecule has 0 radical (unpaired) electrons. The number of hydrogen-bond acceptors (Lipinski definition) is 4. The Hall–Kier alpha value is -1.39. The Balaban J connectivity index is 3.97. The molecule has 0 aromatic carbocycles. The first-order valence-corrected chi connectivity index (χ1v) is 6.26. The summed E-state index contributed by atoms with van der Waals surface area (Å²) in [6.45, 7) is 7.77. The Labute approximate surface area is 108 Å². The van der Waals surface area contributed by atoms with Crippen molar-refractivity contribution in [3.05, 3.63) is 0 Å². The van der Waals surface area contributed by atoms with E-state index in [0.717, 1.165) is 0 Å². The largest absolute Gasteiger partial charge is 0.466 e. The van der Waals surface area contributed by atoms with Crippen LogP contribution in [0.4, 0.5) is 0 Å². The van der Waals surface area contributed by atoms with Crippen LogP contribution in [-0.4, -0.2) is 42.3 Å².